The number of aromatic nitrogens is 2. The van der Waals surface area contributed by atoms with E-state index in [1.54, 1.807) is 6.33 Å². The molecule has 2 N–H and O–H groups in total. The molecule has 1 atom stereocenters. The first kappa shape index (κ1) is 16.7. The Morgan fingerprint density at radius 1 is 1.20 bits per heavy atom. The topological polar surface area (TPSA) is 59.1 Å². The van der Waals surface area contributed by atoms with Crippen molar-refractivity contribution in [3.05, 3.63) is 11.9 Å². The maximum Gasteiger partial charge on any atom is 0.135 e. The predicted molar refractivity (Wildman–Crippen MR) is 84.3 cm³/mol. The number of nitrogens with one attached hydrogen (secondary N) is 2. The van der Waals surface area contributed by atoms with E-state index in [2.05, 4.69) is 41.4 Å². The molecular weight excluding hydrogens is 252 g/mol. The van der Waals surface area contributed by atoms with Crippen molar-refractivity contribution >= 4 is 11.6 Å². The van der Waals surface area contributed by atoms with Gasteiger partial charge in [0.15, 0.2) is 0 Å². The van der Waals surface area contributed by atoms with Crippen molar-refractivity contribution in [2.75, 3.05) is 30.9 Å². The Labute approximate surface area is 122 Å². The average Bonchev–Trinajstić information content (AvgIpc) is 2.44. The molecule has 0 aliphatic heterocycles. The van der Waals surface area contributed by atoms with Crippen LogP contribution in [0.25, 0.3) is 0 Å². The van der Waals surface area contributed by atoms with Crippen molar-refractivity contribution in [2.24, 2.45) is 5.92 Å². The van der Waals surface area contributed by atoms with E-state index < -0.39 is 0 Å². The monoisotopic (exact) mass is 280 g/mol. The number of ether oxygens (including phenoxy) is 1. The van der Waals surface area contributed by atoms with Gasteiger partial charge in [-0.15, -0.1) is 0 Å². The molecule has 0 radical (unpaired) electrons. The molecule has 0 saturated heterocycles. The summed E-state index contributed by atoms with van der Waals surface area (Å²) in [7, 11) is 1.89. The van der Waals surface area contributed by atoms with Crippen LogP contribution in [0.2, 0.25) is 0 Å². The van der Waals surface area contributed by atoms with E-state index in [9.17, 15) is 0 Å². The maximum atomic E-state index is 5.56. The molecule has 1 rings (SSSR count). The first-order valence-corrected chi connectivity index (χ1v) is 7.49. The predicted octanol–water partition coefficient (Wildman–Crippen LogP) is 2.94. The van der Waals surface area contributed by atoms with Crippen molar-refractivity contribution in [2.45, 2.75) is 46.6 Å². The van der Waals surface area contributed by atoms with Gasteiger partial charge in [-0.3, -0.25) is 0 Å². The van der Waals surface area contributed by atoms with Crippen molar-refractivity contribution in [1.82, 2.24) is 9.97 Å². The summed E-state index contributed by atoms with van der Waals surface area (Å²) in [5.74, 6) is 2.30. The molecule has 114 valence electrons. The Bertz CT molecular complexity index is 395. The maximum absolute atomic E-state index is 5.56. The second kappa shape index (κ2) is 8.74. The van der Waals surface area contributed by atoms with Crippen LogP contribution in [0.15, 0.2) is 6.33 Å². The number of anilines is 2. The number of nitrogens with zero attached hydrogens (tertiary/aromatic N) is 2. The van der Waals surface area contributed by atoms with Crippen LogP contribution in [-0.2, 0) is 11.2 Å². The molecule has 0 aliphatic rings. The normalized spacial score (nSPS) is 12.5. The fourth-order valence-electron chi connectivity index (χ4n) is 2.06. The largest absolute Gasteiger partial charge is 0.380 e. The zero-order valence-corrected chi connectivity index (χ0v) is 13.4. The first-order valence-electron chi connectivity index (χ1n) is 7.49. The minimum absolute atomic E-state index is 0.255. The quantitative estimate of drug-likeness (QED) is 0.728. The van der Waals surface area contributed by atoms with Gasteiger partial charge in [-0.05, 0) is 19.3 Å². The van der Waals surface area contributed by atoms with Crippen LogP contribution < -0.4 is 10.6 Å². The molecule has 0 bridgehead atoms. The van der Waals surface area contributed by atoms with Crippen molar-refractivity contribution < 1.29 is 4.74 Å². The first-order chi connectivity index (χ1) is 9.63. The lowest BCUT2D eigenvalue weighted by atomic mass is 10.0. The Kier molecular flexibility index (Phi) is 7.30. The van der Waals surface area contributed by atoms with Gasteiger partial charge in [0.2, 0.25) is 0 Å². The van der Waals surface area contributed by atoms with Gasteiger partial charge in [-0.1, -0.05) is 27.2 Å². The lowest BCUT2D eigenvalue weighted by Gasteiger charge is -2.24. The van der Waals surface area contributed by atoms with Gasteiger partial charge in [-0.25, -0.2) is 9.97 Å². The highest BCUT2D eigenvalue weighted by molar-refractivity contribution is 5.57. The summed E-state index contributed by atoms with van der Waals surface area (Å²) >= 11 is 0. The van der Waals surface area contributed by atoms with Crippen molar-refractivity contribution in [1.29, 1.82) is 0 Å². The summed E-state index contributed by atoms with van der Waals surface area (Å²) in [5.41, 5.74) is 1.15. The Hall–Kier alpha value is -1.36. The molecule has 5 nitrogen and oxygen atoms in total. The second-order valence-corrected chi connectivity index (χ2v) is 5.20. The fourth-order valence-corrected chi connectivity index (χ4v) is 2.06. The van der Waals surface area contributed by atoms with E-state index in [1.165, 1.54) is 0 Å². The van der Waals surface area contributed by atoms with Gasteiger partial charge in [-0.2, -0.15) is 0 Å². The summed E-state index contributed by atoms with van der Waals surface area (Å²) in [6.07, 6.45) is 3.62. The minimum atomic E-state index is 0.255. The Balaban J connectivity index is 2.93. The summed E-state index contributed by atoms with van der Waals surface area (Å²) in [4.78, 5) is 8.72. The molecule has 0 saturated carbocycles. The minimum Gasteiger partial charge on any atom is -0.380 e. The molecule has 20 heavy (non-hydrogen) atoms. The van der Waals surface area contributed by atoms with Crippen molar-refractivity contribution in [3.8, 4) is 0 Å². The third-order valence-electron chi connectivity index (χ3n) is 3.31. The van der Waals surface area contributed by atoms with Crippen LogP contribution >= 0.6 is 0 Å². The van der Waals surface area contributed by atoms with Gasteiger partial charge < -0.3 is 15.4 Å². The molecule has 5 heteroatoms. The van der Waals surface area contributed by atoms with E-state index in [1.807, 2.05) is 14.0 Å². The molecule has 1 unspecified atom stereocenters. The zero-order chi connectivity index (χ0) is 15.0. The van der Waals surface area contributed by atoms with E-state index in [0.717, 1.165) is 36.6 Å². The van der Waals surface area contributed by atoms with Gasteiger partial charge >= 0.3 is 0 Å². The van der Waals surface area contributed by atoms with Crippen LogP contribution in [0.5, 0.6) is 0 Å². The fraction of sp³-hybridized carbons (Fsp3) is 0.733. The van der Waals surface area contributed by atoms with Crippen LogP contribution in [0.3, 0.4) is 0 Å². The number of hydrogen-bond donors (Lipinski definition) is 2. The molecule has 0 aliphatic carbocycles. The van der Waals surface area contributed by atoms with E-state index >= 15 is 0 Å². The van der Waals surface area contributed by atoms with Crippen LogP contribution in [-0.4, -0.2) is 36.3 Å². The van der Waals surface area contributed by atoms with Gasteiger partial charge in [0, 0.05) is 19.2 Å². The Morgan fingerprint density at radius 2 is 1.90 bits per heavy atom. The number of rotatable bonds is 9. The smallest absolute Gasteiger partial charge is 0.135 e. The molecule has 1 heterocycles. The van der Waals surface area contributed by atoms with Gasteiger partial charge in [0.25, 0.3) is 0 Å². The van der Waals surface area contributed by atoms with Gasteiger partial charge in [0.1, 0.15) is 18.0 Å². The van der Waals surface area contributed by atoms with E-state index in [-0.39, 0.29) is 6.04 Å². The lowest BCUT2D eigenvalue weighted by molar-refractivity contribution is 0.126. The van der Waals surface area contributed by atoms with Crippen LogP contribution in [0.1, 0.15) is 39.7 Å². The van der Waals surface area contributed by atoms with Crippen LogP contribution in [0.4, 0.5) is 11.6 Å². The Morgan fingerprint density at radius 3 is 2.45 bits per heavy atom. The molecule has 0 fully saturated rings. The summed E-state index contributed by atoms with van der Waals surface area (Å²) in [6.45, 7) is 9.99. The average molecular weight is 280 g/mol. The van der Waals surface area contributed by atoms with Crippen LogP contribution in [0, 0.1) is 5.92 Å². The molecule has 1 aromatic rings. The third-order valence-corrected chi connectivity index (χ3v) is 3.31. The molecular formula is C15H28N4O. The van der Waals surface area contributed by atoms with Crippen molar-refractivity contribution in [3.63, 3.8) is 0 Å². The third kappa shape index (κ3) is 4.63. The van der Waals surface area contributed by atoms with Gasteiger partial charge in [0.05, 0.1) is 12.6 Å². The standard InChI is InChI=1S/C15H28N4O/c1-6-8-12-14(16-5)17-10-18-15(12)19-13(11(3)4)9-20-7-2/h10-11,13H,6-9H2,1-5H3,(H2,16,17,18,19). The SMILES string of the molecule is CCCc1c(NC)ncnc1NC(COCC)C(C)C. The summed E-state index contributed by atoms with van der Waals surface area (Å²) in [5, 5.41) is 6.67. The highest BCUT2D eigenvalue weighted by Gasteiger charge is 2.17. The summed E-state index contributed by atoms with van der Waals surface area (Å²) < 4.78 is 5.56. The summed E-state index contributed by atoms with van der Waals surface area (Å²) in [6, 6.07) is 0.255. The molecule has 0 spiro atoms. The van der Waals surface area contributed by atoms with E-state index in [4.69, 9.17) is 4.74 Å². The van der Waals surface area contributed by atoms with E-state index in [0.29, 0.717) is 12.5 Å². The highest BCUT2D eigenvalue weighted by Crippen LogP contribution is 2.23. The molecule has 0 aromatic carbocycles. The molecule has 1 aromatic heterocycles. The second-order valence-electron chi connectivity index (χ2n) is 5.20. The number of hydrogen-bond acceptors (Lipinski definition) is 5. The zero-order valence-electron chi connectivity index (χ0n) is 13.4. The molecule has 0 amide bonds. The highest BCUT2D eigenvalue weighted by atomic mass is 16.5. The lowest BCUT2D eigenvalue weighted by Crippen LogP contribution is -2.32.